The second-order valence-electron chi connectivity index (χ2n) is 5.01. The number of aryl methyl sites for hydroxylation is 2. The fourth-order valence-corrected chi connectivity index (χ4v) is 2.32. The molecule has 0 amide bonds. The highest BCUT2D eigenvalue weighted by atomic mass is 15.1. The molecule has 0 bridgehead atoms. The molecule has 1 fully saturated rings. The number of rotatable bonds is 4. The van der Waals surface area contributed by atoms with Gasteiger partial charge < -0.3 is 4.57 Å². The summed E-state index contributed by atoms with van der Waals surface area (Å²) in [6.45, 7) is 2.89. The molecule has 18 heavy (non-hydrogen) atoms. The third-order valence-corrected chi connectivity index (χ3v) is 3.36. The molecule has 0 atom stereocenters. The monoisotopic (exact) mass is 240 g/mol. The Labute approximate surface area is 106 Å². The Morgan fingerprint density at radius 1 is 1.50 bits per heavy atom. The number of nitriles is 1. The molecule has 1 aliphatic rings. The number of nitrogens with zero attached hydrogens (tertiary/aromatic N) is 4. The van der Waals surface area contributed by atoms with Gasteiger partial charge in [0.05, 0.1) is 6.07 Å². The summed E-state index contributed by atoms with van der Waals surface area (Å²) in [4.78, 5) is 9.24. The van der Waals surface area contributed by atoms with Crippen LogP contribution in [0, 0.1) is 18.3 Å². The lowest BCUT2D eigenvalue weighted by atomic mass is 10.3. The maximum Gasteiger partial charge on any atom is 0.160 e. The molecule has 0 radical (unpaired) electrons. The van der Waals surface area contributed by atoms with Crippen LogP contribution in [0.3, 0.4) is 0 Å². The molecule has 4 heteroatoms. The number of aromatic nitrogens is 3. The highest BCUT2D eigenvalue weighted by Gasteiger charge is 2.29. The van der Waals surface area contributed by atoms with Crippen LogP contribution < -0.4 is 0 Å². The first kappa shape index (κ1) is 11.2. The van der Waals surface area contributed by atoms with Crippen LogP contribution in [0.25, 0.3) is 11.2 Å². The van der Waals surface area contributed by atoms with Gasteiger partial charge in [-0.1, -0.05) is 0 Å². The predicted octanol–water partition coefficient (Wildman–Crippen LogP) is 2.92. The molecule has 2 aromatic heterocycles. The Morgan fingerprint density at radius 2 is 2.33 bits per heavy atom. The molecule has 2 heterocycles. The minimum absolute atomic E-state index is 0.593. The zero-order valence-electron chi connectivity index (χ0n) is 10.6. The van der Waals surface area contributed by atoms with Crippen molar-refractivity contribution in [1.82, 2.24) is 14.5 Å². The van der Waals surface area contributed by atoms with Crippen molar-refractivity contribution in [3.8, 4) is 6.07 Å². The Bertz CT molecular complexity index is 616. The molecule has 0 unspecified atom stereocenters. The van der Waals surface area contributed by atoms with Gasteiger partial charge in [0.25, 0.3) is 0 Å². The molecule has 1 aliphatic carbocycles. The van der Waals surface area contributed by atoms with Gasteiger partial charge in [-0.3, -0.25) is 0 Å². The minimum atomic E-state index is 0.593. The van der Waals surface area contributed by atoms with Crippen LogP contribution in [0.1, 0.15) is 43.0 Å². The van der Waals surface area contributed by atoms with E-state index in [-0.39, 0.29) is 0 Å². The number of imidazole rings is 1. The van der Waals surface area contributed by atoms with E-state index in [9.17, 15) is 0 Å². The summed E-state index contributed by atoms with van der Waals surface area (Å²) in [5.41, 5.74) is 3.11. The van der Waals surface area contributed by atoms with Crippen molar-refractivity contribution < 1.29 is 0 Å². The summed E-state index contributed by atoms with van der Waals surface area (Å²) < 4.78 is 2.21. The predicted molar refractivity (Wildman–Crippen MR) is 69.1 cm³/mol. The van der Waals surface area contributed by atoms with E-state index in [0.29, 0.717) is 12.3 Å². The van der Waals surface area contributed by atoms with Crippen LogP contribution in [0.5, 0.6) is 0 Å². The lowest BCUT2D eigenvalue weighted by Gasteiger charge is -2.06. The van der Waals surface area contributed by atoms with Crippen LogP contribution in [0.4, 0.5) is 0 Å². The second-order valence-corrected chi connectivity index (χ2v) is 5.01. The van der Waals surface area contributed by atoms with Crippen molar-refractivity contribution >= 4 is 11.2 Å². The number of fused-ring (bicyclic) bond motifs is 1. The van der Waals surface area contributed by atoms with E-state index in [1.165, 1.54) is 18.7 Å². The zero-order chi connectivity index (χ0) is 12.5. The van der Waals surface area contributed by atoms with Crippen LogP contribution >= 0.6 is 0 Å². The first-order chi connectivity index (χ1) is 8.79. The van der Waals surface area contributed by atoms with E-state index in [1.54, 1.807) is 0 Å². The van der Waals surface area contributed by atoms with Crippen LogP contribution in [0.2, 0.25) is 0 Å². The first-order valence-corrected chi connectivity index (χ1v) is 6.49. The lowest BCUT2D eigenvalue weighted by Crippen LogP contribution is -2.03. The van der Waals surface area contributed by atoms with E-state index in [2.05, 4.69) is 21.7 Å². The molecule has 2 aromatic rings. The van der Waals surface area contributed by atoms with E-state index >= 15 is 0 Å². The summed E-state index contributed by atoms with van der Waals surface area (Å²) in [6.07, 6.45) is 5.83. The van der Waals surface area contributed by atoms with Crippen molar-refractivity contribution in [2.24, 2.45) is 0 Å². The van der Waals surface area contributed by atoms with Crippen molar-refractivity contribution in [2.45, 2.75) is 45.1 Å². The van der Waals surface area contributed by atoms with Gasteiger partial charge in [-0.2, -0.15) is 5.26 Å². The van der Waals surface area contributed by atoms with E-state index in [4.69, 9.17) is 10.2 Å². The Morgan fingerprint density at radius 3 is 3.06 bits per heavy atom. The molecule has 0 aliphatic heterocycles. The standard InChI is InChI=1S/C14H16N4/c1-10-8-12-14(16-9-10)18(7-3-2-6-15)13(17-12)11-4-5-11/h8-9,11H,2-5,7H2,1H3. The Hall–Kier alpha value is -1.89. The van der Waals surface area contributed by atoms with Crippen LogP contribution in [0.15, 0.2) is 12.3 Å². The summed E-state index contributed by atoms with van der Waals surface area (Å²) >= 11 is 0. The number of unbranched alkanes of at least 4 members (excludes halogenated alkanes) is 1. The van der Waals surface area contributed by atoms with Gasteiger partial charge in [0.2, 0.25) is 0 Å². The molecule has 0 N–H and O–H groups in total. The van der Waals surface area contributed by atoms with Crippen LogP contribution in [-0.2, 0) is 6.54 Å². The second kappa shape index (κ2) is 4.41. The average Bonchev–Trinajstić information content (AvgIpc) is 3.13. The van der Waals surface area contributed by atoms with Gasteiger partial charge in [0.1, 0.15) is 11.3 Å². The quantitative estimate of drug-likeness (QED) is 0.772. The van der Waals surface area contributed by atoms with E-state index in [0.717, 1.165) is 29.7 Å². The number of hydrogen-bond acceptors (Lipinski definition) is 3. The van der Waals surface area contributed by atoms with E-state index in [1.807, 2.05) is 13.1 Å². The summed E-state index contributed by atoms with van der Waals surface area (Å²) in [7, 11) is 0. The molecular formula is C14H16N4. The normalized spacial score (nSPS) is 14.9. The summed E-state index contributed by atoms with van der Waals surface area (Å²) in [6, 6.07) is 4.29. The Kier molecular flexibility index (Phi) is 2.75. The number of hydrogen-bond donors (Lipinski definition) is 0. The van der Waals surface area contributed by atoms with Gasteiger partial charge in [-0.05, 0) is 37.8 Å². The zero-order valence-corrected chi connectivity index (χ0v) is 10.6. The van der Waals surface area contributed by atoms with Crippen molar-refractivity contribution in [1.29, 1.82) is 5.26 Å². The molecule has 1 saturated carbocycles. The smallest absolute Gasteiger partial charge is 0.160 e. The maximum atomic E-state index is 8.64. The molecular weight excluding hydrogens is 224 g/mol. The molecule has 0 spiro atoms. The van der Waals surface area contributed by atoms with E-state index < -0.39 is 0 Å². The lowest BCUT2D eigenvalue weighted by molar-refractivity contribution is 0.631. The van der Waals surface area contributed by atoms with Gasteiger partial charge in [0.15, 0.2) is 5.65 Å². The highest BCUT2D eigenvalue weighted by molar-refractivity contribution is 5.72. The summed E-state index contributed by atoms with van der Waals surface area (Å²) in [5, 5.41) is 8.64. The number of pyridine rings is 1. The van der Waals surface area contributed by atoms with Gasteiger partial charge in [-0.15, -0.1) is 0 Å². The maximum absolute atomic E-state index is 8.64. The molecule has 0 aromatic carbocycles. The molecule has 0 saturated heterocycles. The third kappa shape index (κ3) is 1.97. The van der Waals surface area contributed by atoms with Crippen molar-refractivity contribution in [2.75, 3.05) is 0 Å². The van der Waals surface area contributed by atoms with Crippen LogP contribution in [-0.4, -0.2) is 14.5 Å². The largest absolute Gasteiger partial charge is 0.312 e. The van der Waals surface area contributed by atoms with Crippen molar-refractivity contribution in [3.05, 3.63) is 23.7 Å². The topological polar surface area (TPSA) is 54.5 Å². The molecule has 92 valence electrons. The third-order valence-electron chi connectivity index (χ3n) is 3.36. The van der Waals surface area contributed by atoms with Crippen molar-refractivity contribution in [3.63, 3.8) is 0 Å². The Balaban J connectivity index is 2.02. The fourth-order valence-electron chi connectivity index (χ4n) is 2.32. The van der Waals surface area contributed by atoms with Gasteiger partial charge >= 0.3 is 0 Å². The average molecular weight is 240 g/mol. The van der Waals surface area contributed by atoms with Gasteiger partial charge in [-0.25, -0.2) is 9.97 Å². The van der Waals surface area contributed by atoms with Gasteiger partial charge in [0, 0.05) is 25.1 Å². The first-order valence-electron chi connectivity index (χ1n) is 6.49. The summed E-state index contributed by atoms with van der Waals surface area (Å²) in [5.74, 6) is 1.78. The molecule has 4 nitrogen and oxygen atoms in total. The minimum Gasteiger partial charge on any atom is -0.312 e. The fraction of sp³-hybridized carbons (Fsp3) is 0.500. The SMILES string of the molecule is Cc1cnc2c(c1)nc(C1CC1)n2CCCC#N. The molecule has 3 rings (SSSR count). The highest BCUT2D eigenvalue weighted by Crippen LogP contribution is 2.40.